The van der Waals surface area contributed by atoms with Gasteiger partial charge in [0.15, 0.2) is 0 Å². The molecule has 1 nitrogen and oxygen atoms in total. The zero-order chi connectivity index (χ0) is 17.9. The molecule has 0 heterocycles. The van der Waals surface area contributed by atoms with Crippen molar-refractivity contribution in [3.8, 4) is 16.9 Å². The van der Waals surface area contributed by atoms with E-state index in [1.807, 2.05) is 0 Å². The van der Waals surface area contributed by atoms with Crippen LogP contribution in [0.3, 0.4) is 0 Å². The lowest BCUT2D eigenvalue weighted by Crippen LogP contribution is -2.22. The van der Waals surface area contributed by atoms with Gasteiger partial charge >= 0.3 is 0 Å². The fourth-order valence-electron chi connectivity index (χ4n) is 3.07. The Kier molecular flexibility index (Phi) is 5.13. The van der Waals surface area contributed by atoms with E-state index in [-0.39, 0.29) is 5.60 Å². The summed E-state index contributed by atoms with van der Waals surface area (Å²) in [6.07, 6.45) is 3.67. The Labute approximate surface area is 151 Å². The van der Waals surface area contributed by atoms with Gasteiger partial charge in [-0.1, -0.05) is 55.8 Å². The van der Waals surface area contributed by atoms with Crippen LogP contribution in [0.2, 0.25) is 0 Å². The average molecular weight is 332 g/mol. The smallest absolute Gasteiger partial charge is 0.120 e. The molecule has 0 atom stereocenters. The summed E-state index contributed by atoms with van der Waals surface area (Å²) in [7, 11) is 0. The van der Waals surface area contributed by atoms with Crippen LogP contribution in [-0.4, -0.2) is 5.60 Å². The van der Waals surface area contributed by atoms with Crippen LogP contribution in [0.1, 0.15) is 46.1 Å². The number of benzene rings is 3. The molecule has 0 amide bonds. The summed E-state index contributed by atoms with van der Waals surface area (Å²) in [6, 6.07) is 22.0. The first-order valence-corrected chi connectivity index (χ1v) is 9.27. The summed E-state index contributed by atoms with van der Waals surface area (Å²) in [4.78, 5) is 0. The normalized spacial score (nSPS) is 11.7. The van der Waals surface area contributed by atoms with Crippen molar-refractivity contribution in [1.82, 2.24) is 0 Å². The topological polar surface area (TPSA) is 9.23 Å². The van der Waals surface area contributed by atoms with Gasteiger partial charge in [0, 0.05) is 0 Å². The van der Waals surface area contributed by atoms with E-state index in [2.05, 4.69) is 88.4 Å². The molecule has 25 heavy (non-hydrogen) atoms. The van der Waals surface area contributed by atoms with Crippen molar-refractivity contribution < 1.29 is 4.74 Å². The van der Waals surface area contributed by atoms with Crippen LogP contribution in [0.5, 0.6) is 5.75 Å². The minimum absolute atomic E-state index is 0.173. The fraction of sp³-hybridized carbons (Fsp3) is 0.333. The Bertz CT molecular complexity index is 838. The SMILES string of the molecule is CCCCc1ccc(-c2ccc3cc(OC(C)(C)C)ccc3c2)cc1. The molecule has 0 aliphatic carbocycles. The molecule has 0 radical (unpaired) electrons. The van der Waals surface area contributed by atoms with Crippen LogP contribution in [-0.2, 0) is 6.42 Å². The van der Waals surface area contributed by atoms with E-state index in [4.69, 9.17) is 4.74 Å². The highest BCUT2D eigenvalue weighted by Gasteiger charge is 2.12. The molecule has 0 unspecified atom stereocenters. The minimum Gasteiger partial charge on any atom is -0.488 e. The maximum Gasteiger partial charge on any atom is 0.120 e. The van der Waals surface area contributed by atoms with Crippen molar-refractivity contribution >= 4 is 10.8 Å². The molecule has 0 aromatic heterocycles. The van der Waals surface area contributed by atoms with Gasteiger partial charge in [-0.25, -0.2) is 0 Å². The van der Waals surface area contributed by atoms with Crippen LogP contribution in [0.25, 0.3) is 21.9 Å². The van der Waals surface area contributed by atoms with Gasteiger partial charge in [-0.15, -0.1) is 0 Å². The Morgan fingerprint density at radius 3 is 2.08 bits per heavy atom. The van der Waals surface area contributed by atoms with Crippen molar-refractivity contribution in [3.05, 3.63) is 66.2 Å². The Hall–Kier alpha value is -2.28. The number of fused-ring (bicyclic) bond motifs is 1. The lowest BCUT2D eigenvalue weighted by molar-refractivity contribution is 0.131. The van der Waals surface area contributed by atoms with E-state index in [9.17, 15) is 0 Å². The molecule has 0 N–H and O–H groups in total. The maximum atomic E-state index is 5.97. The van der Waals surface area contributed by atoms with E-state index in [1.165, 1.54) is 46.7 Å². The second kappa shape index (κ2) is 7.31. The molecule has 0 saturated heterocycles. The molecular weight excluding hydrogens is 304 g/mol. The van der Waals surface area contributed by atoms with E-state index < -0.39 is 0 Å². The van der Waals surface area contributed by atoms with Crippen molar-refractivity contribution in [2.45, 2.75) is 52.6 Å². The van der Waals surface area contributed by atoms with Crippen molar-refractivity contribution in [1.29, 1.82) is 0 Å². The second-order valence-corrected chi connectivity index (χ2v) is 7.74. The molecule has 0 saturated carbocycles. The number of aryl methyl sites for hydroxylation is 1. The molecule has 0 aliphatic rings. The van der Waals surface area contributed by atoms with Gasteiger partial charge in [-0.3, -0.25) is 0 Å². The number of ether oxygens (including phenoxy) is 1. The number of hydrogen-bond acceptors (Lipinski definition) is 1. The largest absolute Gasteiger partial charge is 0.488 e. The minimum atomic E-state index is -0.173. The van der Waals surface area contributed by atoms with E-state index >= 15 is 0 Å². The third-order valence-corrected chi connectivity index (χ3v) is 4.34. The maximum absolute atomic E-state index is 5.97. The van der Waals surface area contributed by atoms with Crippen molar-refractivity contribution in [3.63, 3.8) is 0 Å². The van der Waals surface area contributed by atoms with E-state index in [0.717, 1.165) is 5.75 Å². The molecular formula is C24H28O. The highest BCUT2D eigenvalue weighted by Crippen LogP contribution is 2.28. The zero-order valence-corrected chi connectivity index (χ0v) is 15.8. The van der Waals surface area contributed by atoms with Gasteiger partial charge < -0.3 is 4.74 Å². The Morgan fingerprint density at radius 1 is 0.760 bits per heavy atom. The van der Waals surface area contributed by atoms with Gasteiger partial charge in [0.25, 0.3) is 0 Å². The summed E-state index contributed by atoms with van der Waals surface area (Å²) < 4.78 is 5.97. The highest BCUT2D eigenvalue weighted by molar-refractivity contribution is 5.88. The van der Waals surface area contributed by atoms with E-state index in [1.54, 1.807) is 0 Å². The predicted octanol–water partition coefficient (Wildman–Crippen LogP) is 7.03. The first-order chi connectivity index (χ1) is 11.9. The average Bonchev–Trinajstić information content (AvgIpc) is 2.58. The van der Waals surface area contributed by atoms with Crippen molar-refractivity contribution in [2.24, 2.45) is 0 Å². The van der Waals surface area contributed by atoms with E-state index in [0.29, 0.717) is 0 Å². The molecule has 0 fully saturated rings. The van der Waals surface area contributed by atoms with Gasteiger partial charge in [-0.2, -0.15) is 0 Å². The molecule has 1 heteroatoms. The number of unbranched alkanes of at least 4 members (excludes halogenated alkanes) is 1. The molecule has 0 aliphatic heterocycles. The molecule has 3 aromatic rings. The number of rotatable bonds is 5. The van der Waals surface area contributed by atoms with Gasteiger partial charge in [0.2, 0.25) is 0 Å². The molecule has 3 rings (SSSR count). The summed E-state index contributed by atoms with van der Waals surface area (Å²) in [6.45, 7) is 8.46. The third-order valence-electron chi connectivity index (χ3n) is 4.34. The Balaban J connectivity index is 1.84. The first kappa shape index (κ1) is 17.5. The van der Waals surface area contributed by atoms with Gasteiger partial charge in [-0.05, 0) is 79.3 Å². The summed E-state index contributed by atoms with van der Waals surface area (Å²) in [5.41, 5.74) is 3.79. The monoisotopic (exact) mass is 332 g/mol. The van der Waals surface area contributed by atoms with Gasteiger partial charge in [0.05, 0.1) is 0 Å². The molecule has 0 bridgehead atoms. The van der Waals surface area contributed by atoms with Crippen LogP contribution < -0.4 is 4.74 Å². The van der Waals surface area contributed by atoms with Crippen LogP contribution in [0.15, 0.2) is 60.7 Å². The van der Waals surface area contributed by atoms with Crippen LogP contribution in [0, 0.1) is 0 Å². The zero-order valence-electron chi connectivity index (χ0n) is 15.8. The van der Waals surface area contributed by atoms with Gasteiger partial charge in [0.1, 0.15) is 11.4 Å². The number of hydrogen-bond donors (Lipinski definition) is 0. The first-order valence-electron chi connectivity index (χ1n) is 9.27. The summed E-state index contributed by atoms with van der Waals surface area (Å²) in [5, 5.41) is 2.46. The fourth-order valence-corrected chi connectivity index (χ4v) is 3.07. The lowest BCUT2D eigenvalue weighted by Gasteiger charge is -2.21. The highest BCUT2D eigenvalue weighted by atomic mass is 16.5. The molecule has 3 aromatic carbocycles. The standard InChI is InChI=1S/C24H28O/c1-5-6-7-18-8-10-19(11-9-18)20-12-13-22-17-23(25-24(2,3)4)15-14-21(22)16-20/h8-17H,5-7H2,1-4H3. The van der Waals surface area contributed by atoms with Crippen molar-refractivity contribution in [2.75, 3.05) is 0 Å². The quantitative estimate of drug-likeness (QED) is 0.487. The molecule has 0 spiro atoms. The second-order valence-electron chi connectivity index (χ2n) is 7.74. The molecule has 130 valence electrons. The Morgan fingerprint density at radius 2 is 1.40 bits per heavy atom. The van der Waals surface area contributed by atoms with Crippen LogP contribution in [0.4, 0.5) is 0 Å². The third kappa shape index (κ3) is 4.63. The lowest BCUT2D eigenvalue weighted by atomic mass is 9.99. The summed E-state index contributed by atoms with van der Waals surface area (Å²) in [5.74, 6) is 0.924. The van der Waals surface area contributed by atoms with Crippen LogP contribution >= 0.6 is 0 Å². The predicted molar refractivity (Wildman–Crippen MR) is 108 cm³/mol. The summed E-state index contributed by atoms with van der Waals surface area (Å²) >= 11 is 0.